The first-order valence-corrected chi connectivity index (χ1v) is 5.47. The van der Waals surface area contributed by atoms with Crippen LogP contribution in [-0.2, 0) is 6.42 Å². The van der Waals surface area contributed by atoms with Gasteiger partial charge in [-0.2, -0.15) is 0 Å². The van der Waals surface area contributed by atoms with Gasteiger partial charge in [0.15, 0.2) is 0 Å². The Morgan fingerprint density at radius 2 is 2.38 bits per heavy atom. The van der Waals surface area contributed by atoms with E-state index in [9.17, 15) is 0 Å². The number of nitrogens with two attached hydrogens (primary N) is 1. The maximum absolute atomic E-state index is 5.51. The maximum atomic E-state index is 5.51. The molecule has 0 saturated carbocycles. The molecule has 4 nitrogen and oxygen atoms in total. The molecule has 0 radical (unpaired) electrons. The van der Waals surface area contributed by atoms with E-state index in [-0.39, 0.29) is 0 Å². The number of nitrogen functional groups attached to an aromatic ring is 1. The van der Waals surface area contributed by atoms with Crippen LogP contribution in [0.3, 0.4) is 0 Å². The van der Waals surface area contributed by atoms with Crippen LogP contribution in [0.1, 0.15) is 24.3 Å². The van der Waals surface area contributed by atoms with E-state index in [1.54, 1.807) is 0 Å². The summed E-state index contributed by atoms with van der Waals surface area (Å²) in [5.41, 5.74) is 5.51. The molecular formula is C8H14N4S. The minimum absolute atomic E-state index is 0.575. The Kier molecular flexibility index (Phi) is 2.75. The second-order valence-corrected chi connectivity index (χ2v) is 4.48. The van der Waals surface area contributed by atoms with E-state index in [4.69, 9.17) is 5.73 Å². The highest BCUT2D eigenvalue weighted by molar-refractivity contribution is 7.15. The van der Waals surface area contributed by atoms with Gasteiger partial charge in [-0.25, -0.2) is 0 Å². The Labute approximate surface area is 81.6 Å². The normalized spacial score (nSPS) is 23.2. The van der Waals surface area contributed by atoms with Gasteiger partial charge < -0.3 is 11.1 Å². The van der Waals surface area contributed by atoms with Crippen molar-refractivity contribution in [1.82, 2.24) is 15.5 Å². The first-order chi connectivity index (χ1) is 6.34. The molecule has 1 saturated heterocycles. The molecule has 1 atom stereocenters. The van der Waals surface area contributed by atoms with Crippen molar-refractivity contribution in [2.24, 2.45) is 0 Å². The molecule has 0 aliphatic carbocycles. The van der Waals surface area contributed by atoms with E-state index in [1.165, 1.54) is 30.6 Å². The zero-order chi connectivity index (χ0) is 9.10. The molecular weight excluding hydrogens is 184 g/mol. The highest BCUT2D eigenvalue weighted by atomic mass is 32.1. The van der Waals surface area contributed by atoms with Gasteiger partial charge >= 0.3 is 0 Å². The van der Waals surface area contributed by atoms with Crippen LogP contribution in [0.2, 0.25) is 0 Å². The van der Waals surface area contributed by atoms with Gasteiger partial charge in [0.2, 0.25) is 5.13 Å². The Bertz CT molecular complexity index is 267. The number of anilines is 1. The number of aromatic nitrogens is 2. The quantitative estimate of drug-likeness (QED) is 0.738. The van der Waals surface area contributed by atoms with Crippen molar-refractivity contribution >= 4 is 16.5 Å². The van der Waals surface area contributed by atoms with E-state index < -0.39 is 0 Å². The maximum Gasteiger partial charge on any atom is 0.203 e. The van der Waals surface area contributed by atoms with Crippen LogP contribution in [0.5, 0.6) is 0 Å². The standard InChI is InChI=1S/C8H14N4S/c9-8-12-11-7(13-8)5-6-3-1-2-4-10-6/h6,10H,1-5H2,(H2,9,12). The predicted octanol–water partition coefficient (Wildman–Crippen LogP) is 0.805. The molecule has 1 aliphatic heterocycles. The third kappa shape index (κ3) is 2.38. The molecule has 0 aromatic carbocycles. The SMILES string of the molecule is Nc1nnc(CC2CCCCN2)s1. The lowest BCUT2D eigenvalue weighted by atomic mass is 10.0. The number of hydrogen-bond donors (Lipinski definition) is 2. The molecule has 0 amide bonds. The zero-order valence-electron chi connectivity index (χ0n) is 7.49. The van der Waals surface area contributed by atoms with E-state index in [2.05, 4.69) is 15.5 Å². The van der Waals surface area contributed by atoms with E-state index in [1.807, 2.05) is 0 Å². The molecule has 3 N–H and O–H groups in total. The van der Waals surface area contributed by atoms with Crippen molar-refractivity contribution in [3.8, 4) is 0 Å². The van der Waals surface area contributed by atoms with Gasteiger partial charge in [0.25, 0.3) is 0 Å². The zero-order valence-corrected chi connectivity index (χ0v) is 8.31. The lowest BCUT2D eigenvalue weighted by molar-refractivity contribution is 0.398. The molecule has 2 heterocycles. The molecule has 1 fully saturated rings. The molecule has 72 valence electrons. The van der Waals surface area contributed by atoms with Crippen LogP contribution in [0.4, 0.5) is 5.13 Å². The lowest BCUT2D eigenvalue weighted by Gasteiger charge is -2.21. The molecule has 1 aliphatic rings. The van der Waals surface area contributed by atoms with Gasteiger partial charge in [-0.15, -0.1) is 10.2 Å². The highest BCUT2D eigenvalue weighted by Crippen LogP contribution is 2.16. The van der Waals surface area contributed by atoms with Gasteiger partial charge in [-0.3, -0.25) is 0 Å². The van der Waals surface area contributed by atoms with Crippen LogP contribution in [0, 0.1) is 0 Å². The second-order valence-electron chi connectivity index (χ2n) is 3.38. The first kappa shape index (κ1) is 8.90. The van der Waals surface area contributed by atoms with E-state index in [0.29, 0.717) is 11.2 Å². The largest absolute Gasteiger partial charge is 0.374 e. The predicted molar refractivity (Wildman–Crippen MR) is 53.7 cm³/mol. The highest BCUT2D eigenvalue weighted by Gasteiger charge is 2.14. The number of piperidine rings is 1. The fraction of sp³-hybridized carbons (Fsp3) is 0.750. The molecule has 1 unspecified atom stereocenters. The Balaban J connectivity index is 1.89. The number of hydrogen-bond acceptors (Lipinski definition) is 5. The van der Waals surface area contributed by atoms with Crippen LogP contribution in [0.15, 0.2) is 0 Å². The summed E-state index contributed by atoms with van der Waals surface area (Å²) < 4.78 is 0. The van der Waals surface area contributed by atoms with Crippen molar-refractivity contribution in [3.63, 3.8) is 0 Å². The first-order valence-electron chi connectivity index (χ1n) is 4.66. The summed E-state index contributed by atoms with van der Waals surface area (Å²) >= 11 is 1.50. The minimum atomic E-state index is 0.575. The molecule has 13 heavy (non-hydrogen) atoms. The average molecular weight is 198 g/mol. The lowest BCUT2D eigenvalue weighted by Crippen LogP contribution is -2.35. The second kappa shape index (κ2) is 4.02. The van der Waals surface area contributed by atoms with Crippen LogP contribution in [-0.4, -0.2) is 22.8 Å². The Morgan fingerprint density at radius 3 is 3.00 bits per heavy atom. The summed E-state index contributed by atoms with van der Waals surface area (Å²) in [7, 11) is 0. The van der Waals surface area contributed by atoms with Gasteiger partial charge in [0.1, 0.15) is 5.01 Å². The van der Waals surface area contributed by atoms with Crippen LogP contribution >= 0.6 is 11.3 Å². The smallest absolute Gasteiger partial charge is 0.203 e. The van der Waals surface area contributed by atoms with Gasteiger partial charge in [0, 0.05) is 12.5 Å². The van der Waals surface area contributed by atoms with Crippen LogP contribution < -0.4 is 11.1 Å². The third-order valence-corrected chi connectivity index (χ3v) is 3.09. The fourth-order valence-corrected chi connectivity index (χ4v) is 2.35. The van der Waals surface area contributed by atoms with Crippen molar-refractivity contribution in [2.75, 3.05) is 12.3 Å². The van der Waals surface area contributed by atoms with E-state index >= 15 is 0 Å². The number of nitrogens with one attached hydrogen (secondary N) is 1. The average Bonchev–Trinajstić information content (AvgIpc) is 2.53. The monoisotopic (exact) mass is 198 g/mol. The number of nitrogens with zero attached hydrogens (tertiary/aromatic N) is 2. The third-order valence-electron chi connectivity index (χ3n) is 2.32. The van der Waals surface area contributed by atoms with Crippen LogP contribution in [0.25, 0.3) is 0 Å². The van der Waals surface area contributed by atoms with Crippen molar-refractivity contribution in [1.29, 1.82) is 0 Å². The summed E-state index contributed by atoms with van der Waals surface area (Å²) in [5.74, 6) is 0. The Morgan fingerprint density at radius 1 is 1.46 bits per heavy atom. The van der Waals surface area contributed by atoms with E-state index in [0.717, 1.165) is 18.0 Å². The number of rotatable bonds is 2. The van der Waals surface area contributed by atoms with Crippen molar-refractivity contribution in [2.45, 2.75) is 31.7 Å². The van der Waals surface area contributed by atoms with Gasteiger partial charge in [-0.1, -0.05) is 17.8 Å². The summed E-state index contributed by atoms with van der Waals surface area (Å²) in [4.78, 5) is 0. The molecule has 2 rings (SSSR count). The van der Waals surface area contributed by atoms with Crippen molar-refractivity contribution in [3.05, 3.63) is 5.01 Å². The minimum Gasteiger partial charge on any atom is -0.374 e. The Hall–Kier alpha value is -0.680. The van der Waals surface area contributed by atoms with Gasteiger partial charge in [-0.05, 0) is 19.4 Å². The summed E-state index contributed by atoms with van der Waals surface area (Å²) in [6.07, 6.45) is 4.86. The van der Waals surface area contributed by atoms with Crippen molar-refractivity contribution < 1.29 is 0 Å². The topological polar surface area (TPSA) is 63.8 Å². The molecule has 5 heteroatoms. The molecule has 0 spiro atoms. The fourth-order valence-electron chi connectivity index (χ4n) is 1.66. The molecule has 1 aromatic rings. The van der Waals surface area contributed by atoms with Gasteiger partial charge in [0.05, 0.1) is 0 Å². The summed E-state index contributed by atoms with van der Waals surface area (Å²) in [5, 5.41) is 12.9. The molecule has 1 aromatic heterocycles. The molecule has 0 bridgehead atoms. The summed E-state index contributed by atoms with van der Waals surface area (Å²) in [6, 6.07) is 0.584. The summed E-state index contributed by atoms with van der Waals surface area (Å²) in [6.45, 7) is 1.14.